The van der Waals surface area contributed by atoms with Gasteiger partial charge in [0.15, 0.2) is 5.82 Å². The summed E-state index contributed by atoms with van der Waals surface area (Å²) in [4.78, 5) is 9.36. The fourth-order valence-corrected chi connectivity index (χ4v) is 2.14. The molecule has 0 amide bonds. The average Bonchev–Trinajstić information content (AvgIpc) is 3.15. The van der Waals surface area contributed by atoms with Crippen molar-refractivity contribution in [3.05, 3.63) is 29.3 Å². The van der Waals surface area contributed by atoms with Crippen LogP contribution < -0.4 is 5.32 Å². The zero-order valence-electron chi connectivity index (χ0n) is 11.6. The summed E-state index contributed by atoms with van der Waals surface area (Å²) < 4.78 is 1.85. The fourth-order valence-electron chi connectivity index (χ4n) is 2.14. The van der Waals surface area contributed by atoms with Gasteiger partial charge in [0.25, 0.3) is 0 Å². The molecule has 1 fully saturated rings. The lowest BCUT2D eigenvalue weighted by Gasteiger charge is -2.12. The quantitative estimate of drug-likeness (QED) is 0.914. The highest BCUT2D eigenvalue weighted by molar-refractivity contribution is 5.52. The van der Waals surface area contributed by atoms with Crippen molar-refractivity contribution in [3.8, 4) is 5.82 Å². The van der Waals surface area contributed by atoms with E-state index in [-0.39, 0.29) is 0 Å². The van der Waals surface area contributed by atoms with Crippen molar-refractivity contribution >= 4 is 5.82 Å². The monoisotopic (exact) mass is 257 g/mol. The van der Waals surface area contributed by atoms with Gasteiger partial charge >= 0.3 is 0 Å². The van der Waals surface area contributed by atoms with Gasteiger partial charge in [0.05, 0.1) is 6.20 Å². The van der Waals surface area contributed by atoms with Gasteiger partial charge < -0.3 is 5.32 Å². The van der Waals surface area contributed by atoms with Crippen LogP contribution in [0.25, 0.3) is 5.82 Å². The predicted molar refractivity (Wildman–Crippen MR) is 74.8 cm³/mol. The second kappa shape index (κ2) is 4.64. The molecule has 2 aromatic heterocycles. The zero-order chi connectivity index (χ0) is 13.4. The first-order valence-electron chi connectivity index (χ1n) is 6.83. The summed E-state index contributed by atoms with van der Waals surface area (Å²) in [5.41, 5.74) is 2.19. The molecule has 0 radical (unpaired) electrons. The first-order valence-corrected chi connectivity index (χ1v) is 6.83. The van der Waals surface area contributed by atoms with E-state index in [1.807, 2.05) is 30.9 Å². The Balaban J connectivity index is 2.10. The molecule has 2 heterocycles. The molecular formula is C14H19N5. The van der Waals surface area contributed by atoms with Gasteiger partial charge in [0.1, 0.15) is 11.6 Å². The maximum Gasteiger partial charge on any atom is 0.162 e. The number of nitrogens with one attached hydrogen (secondary N) is 1. The van der Waals surface area contributed by atoms with Gasteiger partial charge in [-0.05, 0) is 39.2 Å². The van der Waals surface area contributed by atoms with Gasteiger partial charge in [0.2, 0.25) is 0 Å². The molecule has 0 atom stereocenters. The SMILES string of the molecule is CCNc1nc(C2CC2)nc(-n2cc(C)cn2)c1C. The van der Waals surface area contributed by atoms with E-state index in [1.54, 1.807) is 0 Å². The van der Waals surface area contributed by atoms with Crippen molar-refractivity contribution in [1.82, 2.24) is 19.7 Å². The van der Waals surface area contributed by atoms with E-state index in [0.29, 0.717) is 5.92 Å². The van der Waals surface area contributed by atoms with Gasteiger partial charge in [0, 0.05) is 24.2 Å². The van der Waals surface area contributed by atoms with E-state index >= 15 is 0 Å². The number of hydrogen-bond donors (Lipinski definition) is 1. The summed E-state index contributed by atoms with van der Waals surface area (Å²) in [6, 6.07) is 0. The Hall–Kier alpha value is -1.91. The first kappa shape index (κ1) is 12.1. The van der Waals surface area contributed by atoms with Crippen molar-refractivity contribution in [2.75, 3.05) is 11.9 Å². The molecule has 2 aromatic rings. The summed E-state index contributed by atoms with van der Waals surface area (Å²) in [6.07, 6.45) is 6.26. The first-order chi connectivity index (χ1) is 9.19. The maximum absolute atomic E-state index is 4.71. The molecule has 0 spiro atoms. The van der Waals surface area contributed by atoms with E-state index in [2.05, 4.69) is 22.3 Å². The molecule has 1 aliphatic carbocycles. The van der Waals surface area contributed by atoms with Crippen LogP contribution in [0.15, 0.2) is 12.4 Å². The van der Waals surface area contributed by atoms with Crippen LogP contribution in [-0.2, 0) is 0 Å². The van der Waals surface area contributed by atoms with Crippen LogP contribution in [0, 0.1) is 13.8 Å². The lowest BCUT2D eigenvalue weighted by Crippen LogP contribution is -2.11. The predicted octanol–water partition coefficient (Wildman–Crippen LogP) is 2.59. The highest BCUT2D eigenvalue weighted by Gasteiger charge is 2.28. The summed E-state index contributed by atoms with van der Waals surface area (Å²) >= 11 is 0. The van der Waals surface area contributed by atoms with Gasteiger partial charge in [-0.2, -0.15) is 5.10 Å². The van der Waals surface area contributed by atoms with E-state index in [0.717, 1.165) is 35.1 Å². The second-order valence-electron chi connectivity index (χ2n) is 5.15. The van der Waals surface area contributed by atoms with E-state index in [4.69, 9.17) is 4.98 Å². The Bertz CT molecular complexity index is 598. The van der Waals surface area contributed by atoms with Crippen LogP contribution in [0.1, 0.15) is 42.6 Å². The highest BCUT2D eigenvalue weighted by atomic mass is 15.3. The largest absolute Gasteiger partial charge is 0.370 e. The number of nitrogens with zero attached hydrogens (tertiary/aromatic N) is 4. The second-order valence-corrected chi connectivity index (χ2v) is 5.15. The molecule has 0 aliphatic heterocycles. The molecule has 5 nitrogen and oxygen atoms in total. The number of anilines is 1. The van der Waals surface area contributed by atoms with Crippen LogP contribution in [0.3, 0.4) is 0 Å². The Morgan fingerprint density at radius 2 is 2.11 bits per heavy atom. The minimum atomic E-state index is 0.536. The van der Waals surface area contributed by atoms with E-state index < -0.39 is 0 Å². The molecule has 0 aromatic carbocycles. The molecular weight excluding hydrogens is 238 g/mol. The summed E-state index contributed by atoms with van der Waals surface area (Å²) in [6.45, 7) is 7.02. The summed E-state index contributed by atoms with van der Waals surface area (Å²) in [5, 5.41) is 7.69. The van der Waals surface area contributed by atoms with Crippen molar-refractivity contribution in [3.63, 3.8) is 0 Å². The lowest BCUT2D eigenvalue weighted by molar-refractivity contribution is 0.799. The molecule has 1 saturated carbocycles. The number of aromatic nitrogens is 4. The van der Waals surface area contributed by atoms with Gasteiger partial charge in [-0.1, -0.05) is 0 Å². The van der Waals surface area contributed by atoms with Crippen LogP contribution in [0.5, 0.6) is 0 Å². The zero-order valence-corrected chi connectivity index (χ0v) is 11.6. The summed E-state index contributed by atoms with van der Waals surface area (Å²) in [5.74, 6) is 3.31. The number of rotatable bonds is 4. The van der Waals surface area contributed by atoms with Crippen LogP contribution in [0.2, 0.25) is 0 Å². The van der Waals surface area contributed by atoms with E-state index in [9.17, 15) is 0 Å². The van der Waals surface area contributed by atoms with Crippen molar-refractivity contribution in [1.29, 1.82) is 0 Å². The number of aryl methyl sites for hydroxylation is 1. The maximum atomic E-state index is 4.71. The Morgan fingerprint density at radius 3 is 2.68 bits per heavy atom. The molecule has 0 bridgehead atoms. The van der Waals surface area contributed by atoms with Gasteiger partial charge in [-0.3, -0.25) is 0 Å². The number of hydrogen-bond acceptors (Lipinski definition) is 4. The molecule has 5 heteroatoms. The normalized spacial score (nSPS) is 14.7. The molecule has 0 saturated heterocycles. The molecule has 3 rings (SSSR count). The Kier molecular flexibility index (Phi) is 2.97. The molecule has 1 N–H and O–H groups in total. The van der Waals surface area contributed by atoms with E-state index in [1.165, 1.54) is 12.8 Å². The minimum absolute atomic E-state index is 0.536. The standard InChI is InChI=1S/C14H19N5/c1-4-15-12-10(3)14(19-8-9(2)7-16-19)18-13(17-12)11-5-6-11/h7-8,11H,4-6H2,1-3H3,(H,15,17,18). The average molecular weight is 257 g/mol. The van der Waals surface area contributed by atoms with Crippen LogP contribution in [-0.4, -0.2) is 26.3 Å². The van der Waals surface area contributed by atoms with Crippen molar-refractivity contribution < 1.29 is 0 Å². The summed E-state index contributed by atoms with van der Waals surface area (Å²) in [7, 11) is 0. The third-order valence-electron chi connectivity index (χ3n) is 3.35. The highest BCUT2D eigenvalue weighted by Crippen LogP contribution is 2.39. The molecule has 1 aliphatic rings. The van der Waals surface area contributed by atoms with Gasteiger partial charge in [-0.15, -0.1) is 0 Å². The lowest BCUT2D eigenvalue weighted by atomic mass is 10.2. The fraction of sp³-hybridized carbons (Fsp3) is 0.500. The smallest absolute Gasteiger partial charge is 0.162 e. The third-order valence-corrected chi connectivity index (χ3v) is 3.35. The minimum Gasteiger partial charge on any atom is -0.370 e. The van der Waals surface area contributed by atoms with Crippen molar-refractivity contribution in [2.45, 2.75) is 39.5 Å². The Morgan fingerprint density at radius 1 is 1.32 bits per heavy atom. The van der Waals surface area contributed by atoms with Gasteiger partial charge in [-0.25, -0.2) is 14.6 Å². The third kappa shape index (κ3) is 2.32. The topological polar surface area (TPSA) is 55.6 Å². The van der Waals surface area contributed by atoms with Crippen molar-refractivity contribution in [2.24, 2.45) is 0 Å². The molecule has 19 heavy (non-hydrogen) atoms. The Labute approximate surface area is 113 Å². The molecule has 100 valence electrons. The van der Waals surface area contributed by atoms with Crippen LogP contribution >= 0.6 is 0 Å². The molecule has 0 unspecified atom stereocenters. The van der Waals surface area contributed by atoms with Crippen LogP contribution in [0.4, 0.5) is 5.82 Å².